The summed E-state index contributed by atoms with van der Waals surface area (Å²) in [6.07, 6.45) is 0. The predicted molar refractivity (Wildman–Crippen MR) is 77.2 cm³/mol. The summed E-state index contributed by atoms with van der Waals surface area (Å²) in [5, 5.41) is 2.76. The Kier molecular flexibility index (Phi) is 4.52. The van der Waals surface area contributed by atoms with Crippen molar-refractivity contribution < 1.29 is 9.53 Å². The molecular formula is C14H13BrN2O2. The molecule has 2 aromatic rings. The largest absolute Gasteiger partial charge is 0.484 e. The van der Waals surface area contributed by atoms with Crippen LogP contribution < -0.4 is 10.1 Å². The summed E-state index contributed by atoms with van der Waals surface area (Å²) in [7, 11) is 0. The number of nitrogens with one attached hydrogen (secondary N) is 1. The van der Waals surface area contributed by atoms with Gasteiger partial charge in [0.05, 0.1) is 11.4 Å². The van der Waals surface area contributed by atoms with Gasteiger partial charge in [0.2, 0.25) is 0 Å². The van der Waals surface area contributed by atoms with Crippen LogP contribution in [0.1, 0.15) is 5.69 Å². The molecule has 2 rings (SSSR count). The Hall–Kier alpha value is -1.88. The molecule has 0 aliphatic heterocycles. The Labute approximate surface area is 119 Å². The van der Waals surface area contributed by atoms with E-state index in [1.807, 2.05) is 25.1 Å². The van der Waals surface area contributed by atoms with E-state index in [0.29, 0.717) is 11.4 Å². The fourth-order valence-electron chi connectivity index (χ4n) is 1.51. The van der Waals surface area contributed by atoms with Crippen LogP contribution in [0.15, 0.2) is 47.1 Å². The third kappa shape index (κ3) is 4.06. The van der Waals surface area contributed by atoms with E-state index >= 15 is 0 Å². The standard InChI is InChI=1S/C14H13BrN2O2/c1-10-12(7-8-13(15)16-10)17-14(18)9-19-11-5-3-2-4-6-11/h2-8H,9H2,1H3,(H,17,18). The fourth-order valence-corrected chi connectivity index (χ4v) is 1.91. The van der Waals surface area contributed by atoms with Crippen LogP contribution in [0, 0.1) is 6.92 Å². The molecule has 0 aliphatic carbocycles. The van der Waals surface area contributed by atoms with Gasteiger partial charge < -0.3 is 10.1 Å². The van der Waals surface area contributed by atoms with Gasteiger partial charge in [0, 0.05) is 0 Å². The number of para-hydroxylation sites is 1. The van der Waals surface area contributed by atoms with Gasteiger partial charge in [-0.15, -0.1) is 0 Å². The number of anilines is 1. The Morgan fingerprint density at radius 1 is 1.26 bits per heavy atom. The van der Waals surface area contributed by atoms with E-state index < -0.39 is 0 Å². The second kappa shape index (κ2) is 6.33. The molecule has 1 amide bonds. The molecule has 98 valence electrons. The molecular weight excluding hydrogens is 308 g/mol. The van der Waals surface area contributed by atoms with E-state index in [4.69, 9.17) is 4.74 Å². The number of pyridine rings is 1. The number of aryl methyl sites for hydroxylation is 1. The van der Waals surface area contributed by atoms with E-state index in [9.17, 15) is 4.79 Å². The zero-order valence-electron chi connectivity index (χ0n) is 10.4. The third-order valence-corrected chi connectivity index (χ3v) is 2.88. The van der Waals surface area contributed by atoms with Crippen LogP contribution in [0.2, 0.25) is 0 Å². The minimum absolute atomic E-state index is 0.0283. The summed E-state index contributed by atoms with van der Waals surface area (Å²) < 4.78 is 6.10. The van der Waals surface area contributed by atoms with Crippen LogP contribution in [0.3, 0.4) is 0 Å². The molecule has 0 bridgehead atoms. The second-order valence-electron chi connectivity index (χ2n) is 3.92. The normalized spacial score (nSPS) is 10.0. The average molecular weight is 321 g/mol. The van der Waals surface area contributed by atoms with Crippen molar-refractivity contribution in [3.8, 4) is 5.75 Å². The van der Waals surface area contributed by atoms with E-state index in [2.05, 4.69) is 26.2 Å². The van der Waals surface area contributed by atoms with Gasteiger partial charge in [0.15, 0.2) is 6.61 Å². The first-order valence-electron chi connectivity index (χ1n) is 5.76. The molecule has 5 heteroatoms. The predicted octanol–water partition coefficient (Wildman–Crippen LogP) is 3.17. The quantitative estimate of drug-likeness (QED) is 0.880. The number of carbonyl (C=O) groups excluding carboxylic acids is 1. The van der Waals surface area contributed by atoms with E-state index in [1.165, 1.54) is 0 Å². The molecule has 0 radical (unpaired) electrons. The molecule has 0 unspecified atom stereocenters. The lowest BCUT2D eigenvalue weighted by Crippen LogP contribution is -2.20. The molecule has 1 N–H and O–H groups in total. The van der Waals surface area contributed by atoms with Crippen molar-refractivity contribution in [2.24, 2.45) is 0 Å². The number of amides is 1. The smallest absolute Gasteiger partial charge is 0.262 e. The SMILES string of the molecule is Cc1nc(Br)ccc1NC(=O)COc1ccccc1. The minimum atomic E-state index is -0.212. The van der Waals surface area contributed by atoms with E-state index in [-0.39, 0.29) is 12.5 Å². The average Bonchev–Trinajstić information content (AvgIpc) is 2.41. The first kappa shape index (κ1) is 13.5. The van der Waals surface area contributed by atoms with Gasteiger partial charge >= 0.3 is 0 Å². The number of ether oxygens (including phenoxy) is 1. The third-order valence-electron chi connectivity index (χ3n) is 2.44. The number of benzene rings is 1. The van der Waals surface area contributed by atoms with Crippen LogP contribution in [0.25, 0.3) is 0 Å². The van der Waals surface area contributed by atoms with Crippen molar-refractivity contribution in [3.05, 3.63) is 52.8 Å². The lowest BCUT2D eigenvalue weighted by molar-refractivity contribution is -0.118. The molecule has 0 saturated heterocycles. The second-order valence-corrected chi connectivity index (χ2v) is 4.73. The summed E-state index contributed by atoms with van der Waals surface area (Å²) in [5.41, 5.74) is 1.44. The monoisotopic (exact) mass is 320 g/mol. The van der Waals surface area contributed by atoms with Gasteiger partial charge in [-0.2, -0.15) is 0 Å². The molecule has 4 nitrogen and oxygen atoms in total. The van der Waals surface area contributed by atoms with E-state index in [1.54, 1.807) is 24.3 Å². The van der Waals surface area contributed by atoms with Crippen LogP contribution in [0.5, 0.6) is 5.75 Å². The minimum Gasteiger partial charge on any atom is -0.484 e. The molecule has 1 heterocycles. The van der Waals surface area contributed by atoms with Gasteiger partial charge in [-0.05, 0) is 47.1 Å². The molecule has 19 heavy (non-hydrogen) atoms. The maximum absolute atomic E-state index is 11.7. The van der Waals surface area contributed by atoms with Crippen LogP contribution >= 0.6 is 15.9 Å². The summed E-state index contributed by atoms with van der Waals surface area (Å²) in [5.74, 6) is 0.458. The summed E-state index contributed by atoms with van der Waals surface area (Å²) in [6.45, 7) is 1.80. The maximum atomic E-state index is 11.7. The fraction of sp³-hybridized carbons (Fsp3) is 0.143. The number of carbonyl (C=O) groups is 1. The number of rotatable bonds is 4. The highest BCUT2D eigenvalue weighted by Gasteiger charge is 2.06. The van der Waals surface area contributed by atoms with Crippen molar-refractivity contribution in [1.29, 1.82) is 0 Å². The molecule has 0 fully saturated rings. The molecule has 1 aromatic carbocycles. The Balaban J connectivity index is 1.91. The molecule has 0 spiro atoms. The zero-order valence-corrected chi connectivity index (χ0v) is 12.0. The lowest BCUT2D eigenvalue weighted by Gasteiger charge is -2.09. The molecule has 0 saturated carbocycles. The molecule has 0 aliphatic rings. The highest BCUT2D eigenvalue weighted by Crippen LogP contribution is 2.16. The van der Waals surface area contributed by atoms with Gasteiger partial charge in [0.25, 0.3) is 5.91 Å². The maximum Gasteiger partial charge on any atom is 0.262 e. The summed E-state index contributed by atoms with van der Waals surface area (Å²) >= 11 is 3.28. The van der Waals surface area contributed by atoms with Gasteiger partial charge in [-0.3, -0.25) is 4.79 Å². The van der Waals surface area contributed by atoms with Crippen molar-refractivity contribution >= 4 is 27.5 Å². The van der Waals surface area contributed by atoms with Crippen molar-refractivity contribution in [1.82, 2.24) is 4.98 Å². The van der Waals surface area contributed by atoms with Crippen molar-refractivity contribution in [2.45, 2.75) is 6.92 Å². The number of nitrogens with zero attached hydrogens (tertiary/aromatic N) is 1. The Morgan fingerprint density at radius 3 is 2.68 bits per heavy atom. The Morgan fingerprint density at radius 2 is 2.00 bits per heavy atom. The van der Waals surface area contributed by atoms with Gasteiger partial charge in [0.1, 0.15) is 10.4 Å². The summed E-state index contributed by atoms with van der Waals surface area (Å²) in [4.78, 5) is 16.0. The first-order valence-corrected chi connectivity index (χ1v) is 6.55. The lowest BCUT2D eigenvalue weighted by atomic mass is 10.3. The highest BCUT2D eigenvalue weighted by atomic mass is 79.9. The summed E-state index contributed by atoms with van der Waals surface area (Å²) in [6, 6.07) is 12.8. The number of hydrogen-bond acceptors (Lipinski definition) is 3. The number of halogens is 1. The van der Waals surface area contributed by atoms with Crippen molar-refractivity contribution in [2.75, 3.05) is 11.9 Å². The van der Waals surface area contributed by atoms with Crippen LogP contribution in [-0.4, -0.2) is 17.5 Å². The Bertz CT molecular complexity index is 573. The topological polar surface area (TPSA) is 51.2 Å². The van der Waals surface area contributed by atoms with E-state index in [0.717, 1.165) is 10.3 Å². The molecule has 1 aromatic heterocycles. The number of aromatic nitrogens is 1. The van der Waals surface area contributed by atoms with Crippen molar-refractivity contribution in [3.63, 3.8) is 0 Å². The molecule has 0 atom stereocenters. The zero-order chi connectivity index (χ0) is 13.7. The van der Waals surface area contributed by atoms with Crippen LogP contribution in [0.4, 0.5) is 5.69 Å². The first-order chi connectivity index (χ1) is 9.15. The number of hydrogen-bond donors (Lipinski definition) is 1. The van der Waals surface area contributed by atoms with Gasteiger partial charge in [-0.1, -0.05) is 18.2 Å². The highest BCUT2D eigenvalue weighted by molar-refractivity contribution is 9.10. The van der Waals surface area contributed by atoms with Crippen LogP contribution in [-0.2, 0) is 4.79 Å². The van der Waals surface area contributed by atoms with Gasteiger partial charge in [-0.25, -0.2) is 4.98 Å².